The van der Waals surface area contributed by atoms with E-state index in [9.17, 15) is 17.2 Å². The van der Waals surface area contributed by atoms with Crippen molar-refractivity contribution in [2.45, 2.75) is 11.5 Å². The number of hydrogen-bond acceptors (Lipinski definition) is 5. The second kappa shape index (κ2) is 4.11. The zero-order valence-electron chi connectivity index (χ0n) is 7.93. The lowest BCUT2D eigenvalue weighted by molar-refractivity contribution is -0.0664. The Kier molecular flexibility index (Phi) is 2.92. The first-order chi connectivity index (χ1) is 7.88. The minimum absolute atomic E-state index is 0.0117. The van der Waals surface area contributed by atoms with E-state index in [0.717, 1.165) is 0 Å². The third-order valence-corrected chi connectivity index (χ3v) is 3.17. The van der Waals surface area contributed by atoms with Gasteiger partial charge in [0.15, 0.2) is 5.58 Å². The summed E-state index contributed by atoms with van der Waals surface area (Å²) in [4.78, 5) is 3.16. The number of aromatic nitrogens is 1. The van der Waals surface area contributed by atoms with Gasteiger partial charge >= 0.3 is 12.7 Å². The van der Waals surface area contributed by atoms with E-state index >= 15 is 0 Å². The van der Waals surface area contributed by atoms with E-state index in [-0.39, 0.29) is 16.0 Å². The lowest BCUT2D eigenvalue weighted by Gasteiger charge is -1.95. The van der Waals surface area contributed by atoms with Crippen molar-refractivity contribution in [1.82, 2.24) is 4.98 Å². The van der Waals surface area contributed by atoms with Gasteiger partial charge < -0.3 is 9.15 Å². The van der Waals surface area contributed by atoms with Crippen molar-refractivity contribution >= 4 is 30.8 Å². The van der Waals surface area contributed by atoms with E-state index < -0.39 is 21.7 Å². The van der Waals surface area contributed by atoms with Gasteiger partial charge in [0.25, 0.3) is 9.05 Å². The lowest BCUT2D eigenvalue weighted by atomic mass is 10.3. The summed E-state index contributed by atoms with van der Waals surface area (Å²) in [6.07, 6.45) is -0.720. The molecule has 92 valence electrons. The Labute approximate surface area is 98.4 Å². The van der Waals surface area contributed by atoms with Gasteiger partial charge in [0, 0.05) is 10.7 Å². The van der Waals surface area contributed by atoms with E-state index in [4.69, 9.17) is 15.1 Å². The molecule has 0 amide bonds. The maximum Gasteiger partial charge on any atom is 0.399 e. The van der Waals surface area contributed by atoms with Crippen LogP contribution in [0.1, 0.15) is 0 Å². The van der Waals surface area contributed by atoms with E-state index in [1.165, 1.54) is 18.2 Å². The molecule has 0 atom stereocenters. The largest absolute Gasteiger partial charge is 0.409 e. The molecule has 5 nitrogen and oxygen atoms in total. The van der Waals surface area contributed by atoms with Crippen LogP contribution in [0.4, 0.5) is 8.78 Å². The van der Waals surface area contributed by atoms with Crippen LogP contribution in [0.15, 0.2) is 27.5 Å². The number of benzene rings is 1. The summed E-state index contributed by atoms with van der Waals surface area (Å²) in [6.45, 7) is -3.11. The Balaban J connectivity index is 2.61. The predicted octanol–water partition coefficient (Wildman–Crippen LogP) is 2.36. The zero-order chi connectivity index (χ0) is 12.6. The highest BCUT2D eigenvalue weighted by molar-refractivity contribution is 8.14. The third-order valence-electron chi connectivity index (χ3n) is 1.81. The summed E-state index contributed by atoms with van der Waals surface area (Å²) in [5.74, 6) is 0. The standard InChI is InChI=1S/C8H4ClF2NO4S/c9-17(13,14)5-3-1-2-4-6(5)12-8(15-4)16-7(10)11/h1-3,7H. The van der Waals surface area contributed by atoms with Gasteiger partial charge in [-0.05, 0) is 12.1 Å². The minimum Gasteiger partial charge on any atom is -0.409 e. The first-order valence-corrected chi connectivity index (χ1v) is 6.48. The minimum atomic E-state index is -4.04. The van der Waals surface area contributed by atoms with Crippen LogP contribution >= 0.6 is 10.7 Å². The van der Waals surface area contributed by atoms with Crippen LogP contribution in [0.3, 0.4) is 0 Å². The lowest BCUT2D eigenvalue weighted by Crippen LogP contribution is -2.01. The molecule has 1 heterocycles. The fourth-order valence-electron chi connectivity index (χ4n) is 1.23. The number of hydrogen-bond donors (Lipinski definition) is 0. The maximum atomic E-state index is 11.9. The van der Waals surface area contributed by atoms with Crippen molar-refractivity contribution in [2.75, 3.05) is 0 Å². The molecule has 0 bridgehead atoms. The highest BCUT2D eigenvalue weighted by Crippen LogP contribution is 2.28. The highest BCUT2D eigenvalue weighted by atomic mass is 35.7. The van der Waals surface area contributed by atoms with Crippen LogP contribution < -0.4 is 4.74 Å². The first-order valence-electron chi connectivity index (χ1n) is 4.17. The second-order valence-electron chi connectivity index (χ2n) is 2.90. The van der Waals surface area contributed by atoms with Crippen molar-refractivity contribution in [1.29, 1.82) is 0 Å². The molecular formula is C8H4ClF2NO4S. The molecule has 0 aliphatic rings. The first kappa shape index (κ1) is 12.1. The van der Waals surface area contributed by atoms with Crippen molar-refractivity contribution in [3.05, 3.63) is 18.2 Å². The van der Waals surface area contributed by atoms with Crippen molar-refractivity contribution in [3.8, 4) is 6.08 Å². The van der Waals surface area contributed by atoms with Crippen LogP contribution in [0.5, 0.6) is 6.08 Å². The van der Waals surface area contributed by atoms with Gasteiger partial charge in [-0.2, -0.15) is 13.8 Å². The maximum absolute atomic E-state index is 11.9. The summed E-state index contributed by atoms with van der Waals surface area (Å²) >= 11 is 0. The second-order valence-corrected chi connectivity index (χ2v) is 5.43. The molecule has 0 aliphatic carbocycles. The number of rotatable bonds is 3. The fourth-order valence-corrected chi connectivity index (χ4v) is 2.22. The Morgan fingerprint density at radius 1 is 1.41 bits per heavy atom. The molecule has 0 saturated heterocycles. The molecule has 0 N–H and O–H groups in total. The van der Waals surface area contributed by atoms with Crippen molar-refractivity contribution in [2.24, 2.45) is 0 Å². The Hall–Kier alpha value is -1.41. The fraction of sp³-hybridized carbons (Fsp3) is 0.125. The molecule has 1 aromatic heterocycles. The molecule has 0 aliphatic heterocycles. The molecule has 0 saturated carbocycles. The van der Waals surface area contributed by atoms with Gasteiger partial charge in [0.1, 0.15) is 10.4 Å². The van der Waals surface area contributed by atoms with Crippen LogP contribution in [0.2, 0.25) is 0 Å². The van der Waals surface area contributed by atoms with Crippen molar-refractivity contribution < 1.29 is 26.4 Å². The molecule has 9 heteroatoms. The van der Waals surface area contributed by atoms with Crippen LogP contribution in [-0.4, -0.2) is 20.0 Å². The van der Waals surface area contributed by atoms with E-state index in [2.05, 4.69) is 9.72 Å². The van der Waals surface area contributed by atoms with Gasteiger partial charge in [-0.1, -0.05) is 6.07 Å². The number of nitrogens with zero attached hydrogens (tertiary/aromatic N) is 1. The zero-order valence-corrected chi connectivity index (χ0v) is 9.50. The van der Waals surface area contributed by atoms with Gasteiger partial charge in [0.05, 0.1) is 0 Å². The smallest absolute Gasteiger partial charge is 0.399 e. The molecular weight excluding hydrogens is 280 g/mol. The quantitative estimate of drug-likeness (QED) is 0.809. The highest BCUT2D eigenvalue weighted by Gasteiger charge is 2.20. The molecule has 0 unspecified atom stereocenters. The van der Waals surface area contributed by atoms with Crippen LogP contribution in [0, 0.1) is 0 Å². The number of fused-ring (bicyclic) bond motifs is 1. The summed E-state index contributed by atoms with van der Waals surface area (Å²) in [5, 5.41) is 0. The normalized spacial score (nSPS) is 12.2. The molecule has 2 aromatic rings. The van der Waals surface area contributed by atoms with Gasteiger partial charge in [-0.3, -0.25) is 0 Å². The number of halogens is 3. The summed E-state index contributed by atoms with van der Waals surface area (Å²) < 4.78 is 54.9. The summed E-state index contributed by atoms with van der Waals surface area (Å²) in [5.41, 5.74) is -0.166. The van der Waals surface area contributed by atoms with Gasteiger partial charge in [-0.25, -0.2) is 8.42 Å². The van der Waals surface area contributed by atoms with Crippen LogP contribution in [-0.2, 0) is 9.05 Å². The van der Waals surface area contributed by atoms with E-state index in [1.807, 2.05) is 0 Å². The molecule has 0 fully saturated rings. The molecule has 17 heavy (non-hydrogen) atoms. The topological polar surface area (TPSA) is 69.4 Å². The average Bonchev–Trinajstić information content (AvgIpc) is 2.55. The number of oxazole rings is 1. The van der Waals surface area contributed by atoms with Gasteiger partial charge in [0.2, 0.25) is 0 Å². The van der Waals surface area contributed by atoms with E-state index in [1.54, 1.807) is 0 Å². The summed E-state index contributed by atoms with van der Waals surface area (Å²) in [6, 6.07) is 3.88. The van der Waals surface area contributed by atoms with Crippen molar-refractivity contribution in [3.63, 3.8) is 0 Å². The third kappa shape index (κ3) is 2.47. The molecule has 2 rings (SSSR count). The Morgan fingerprint density at radius 3 is 2.71 bits per heavy atom. The number of alkyl halides is 2. The average molecular weight is 284 g/mol. The van der Waals surface area contributed by atoms with Crippen LogP contribution in [0.25, 0.3) is 11.1 Å². The molecule has 0 spiro atoms. The Morgan fingerprint density at radius 2 is 2.12 bits per heavy atom. The molecule has 1 aromatic carbocycles. The van der Waals surface area contributed by atoms with E-state index in [0.29, 0.717) is 0 Å². The SMILES string of the molecule is O=S(=O)(Cl)c1cccc2oc(OC(F)F)nc12. The molecule has 0 radical (unpaired) electrons. The Bertz CT molecular complexity index is 655. The monoisotopic (exact) mass is 283 g/mol. The van der Waals surface area contributed by atoms with Gasteiger partial charge in [-0.15, -0.1) is 0 Å². The number of ether oxygens (including phenoxy) is 1. The summed E-state index contributed by atoms with van der Waals surface area (Å²) in [7, 11) is 1.12. The number of para-hydroxylation sites is 1. The predicted molar refractivity (Wildman–Crippen MR) is 53.7 cm³/mol.